The van der Waals surface area contributed by atoms with Crippen LogP contribution in [-0.4, -0.2) is 58.0 Å². The second-order valence-electron chi connectivity index (χ2n) is 7.58. The van der Waals surface area contributed by atoms with E-state index in [0.29, 0.717) is 28.0 Å². The number of aromatic nitrogens is 4. The molecule has 11 nitrogen and oxygen atoms in total. The summed E-state index contributed by atoms with van der Waals surface area (Å²) < 4.78 is 35.2. The van der Waals surface area contributed by atoms with Gasteiger partial charge in [0, 0.05) is 31.4 Å². The van der Waals surface area contributed by atoms with E-state index >= 15 is 0 Å². The zero-order chi connectivity index (χ0) is 24.3. The first-order chi connectivity index (χ1) is 16.3. The van der Waals surface area contributed by atoms with Crippen molar-refractivity contribution in [3.8, 4) is 5.75 Å². The van der Waals surface area contributed by atoms with Crippen LogP contribution in [0.15, 0.2) is 60.0 Å². The second-order valence-corrected chi connectivity index (χ2v) is 9.21. The van der Waals surface area contributed by atoms with Crippen molar-refractivity contribution in [1.29, 1.82) is 0 Å². The molecule has 0 bridgehead atoms. The van der Waals surface area contributed by atoms with E-state index in [0.717, 1.165) is 0 Å². The number of fused-ring (bicyclic) bond motifs is 1. The first kappa shape index (κ1) is 23.4. The minimum atomic E-state index is -4.04. The van der Waals surface area contributed by atoms with Crippen LogP contribution in [0.2, 0.25) is 0 Å². The Morgan fingerprint density at radius 3 is 2.44 bits per heavy atom. The zero-order valence-corrected chi connectivity index (χ0v) is 19.3. The van der Waals surface area contributed by atoms with Gasteiger partial charge in [0.1, 0.15) is 5.75 Å². The molecule has 4 rings (SSSR count). The molecule has 0 amide bonds. The van der Waals surface area contributed by atoms with Gasteiger partial charge < -0.3 is 24.8 Å². The number of methoxy groups -OCH3 is 1. The molecule has 0 saturated carbocycles. The number of hydrogen-bond donors (Lipinski definition) is 4. The largest absolute Gasteiger partial charge is 0.497 e. The first-order valence-electron chi connectivity index (χ1n) is 10.3. The van der Waals surface area contributed by atoms with E-state index in [9.17, 15) is 18.6 Å². The number of nitrogens with zero attached hydrogens (tertiary/aromatic N) is 4. The van der Waals surface area contributed by atoms with Gasteiger partial charge in [0.25, 0.3) is 10.0 Å². The SMILES string of the molecule is COc1ccc(CC(O)CO)c(Nc2nc3ccccc3nc2NS(=O)(=O)c2cn(C)cn2)c1. The van der Waals surface area contributed by atoms with Crippen molar-refractivity contribution >= 4 is 38.4 Å². The van der Waals surface area contributed by atoms with Crippen LogP contribution in [0, 0.1) is 0 Å². The second kappa shape index (κ2) is 9.63. The van der Waals surface area contributed by atoms with Crippen molar-refractivity contribution in [3.63, 3.8) is 0 Å². The van der Waals surface area contributed by atoms with Crippen LogP contribution in [0.25, 0.3) is 11.0 Å². The quantitative estimate of drug-likeness (QED) is 0.279. The van der Waals surface area contributed by atoms with Gasteiger partial charge in [-0.3, -0.25) is 4.72 Å². The van der Waals surface area contributed by atoms with E-state index in [4.69, 9.17) is 4.74 Å². The molecule has 2 aromatic carbocycles. The summed E-state index contributed by atoms with van der Waals surface area (Å²) >= 11 is 0. The van der Waals surface area contributed by atoms with Crippen LogP contribution in [0.4, 0.5) is 17.3 Å². The number of aryl methyl sites for hydroxylation is 1. The standard InChI is InChI=1S/C22H24N6O5S/c1-28-11-20(23-13-28)34(31,32)27-22-21(24-17-5-3-4-6-18(17)25-22)26-19-10-16(33-2)8-7-14(19)9-15(30)12-29/h3-8,10-11,13,15,29-30H,9,12H2,1-2H3,(H,24,26)(H,25,27). The van der Waals surface area contributed by atoms with E-state index in [1.165, 1.54) is 24.2 Å². The summed E-state index contributed by atoms with van der Waals surface area (Å²) in [7, 11) is -0.860. The fourth-order valence-electron chi connectivity index (χ4n) is 3.29. The highest BCUT2D eigenvalue weighted by atomic mass is 32.2. The maximum atomic E-state index is 12.9. The van der Waals surface area contributed by atoms with Crippen LogP contribution in [0.5, 0.6) is 5.75 Å². The molecule has 34 heavy (non-hydrogen) atoms. The van der Waals surface area contributed by atoms with Crippen LogP contribution in [0.1, 0.15) is 5.56 Å². The highest BCUT2D eigenvalue weighted by molar-refractivity contribution is 7.92. The van der Waals surface area contributed by atoms with Crippen molar-refractivity contribution in [3.05, 3.63) is 60.6 Å². The first-order valence-corrected chi connectivity index (χ1v) is 11.8. The Morgan fingerprint density at radius 1 is 1.12 bits per heavy atom. The average molecular weight is 485 g/mol. The minimum Gasteiger partial charge on any atom is -0.497 e. The number of imidazole rings is 1. The van der Waals surface area contributed by atoms with Gasteiger partial charge in [-0.25, -0.2) is 15.0 Å². The van der Waals surface area contributed by atoms with E-state index in [2.05, 4.69) is 25.0 Å². The minimum absolute atomic E-state index is 0.0270. The molecule has 4 aromatic rings. The van der Waals surface area contributed by atoms with Gasteiger partial charge in [-0.1, -0.05) is 18.2 Å². The molecule has 2 aromatic heterocycles. The van der Waals surface area contributed by atoms with Crippen LogP contribution >= 0.6 is 0 Å². The summed E-state index contributed by atoms with van der Waals surface area (Å²) in [6.07, 6.45) is 1.94. The fourth-order valence-corrected chi connectivity index (χ4v) is 4.28. The van der Waals surface area contributed by atoms with Gasteiger partial charge >= 0.3 is 0 Å². The Balaban J connectivity index is 1.79. The van der Waals surface area contributed by atoms with Crippen molar-refractivity contribution in [2.75, 3.05) is 23.8 Å². The predicted molar refractivity (Wildman–Crippen MR) is 127 cm³/mol. The van der Waals surface area contributed by atoms with Gasteiger partial charge in [-0.05, 0) is 23.8 Å². The molecule has 1 atom stereocenters. The maximum absolute atomic E-state index is 12.9. The molecule has 0 fully saturated rings. The van der Waals surface area contributed by atoms with E-state index in [-0.39, 0.29) is 23.1 Å². The van der Waals surface area contributed by atoms with Crippen molar-refractivity contribution < 1.29 is 23.4 Å². The van der Waals surface area contributed by atoms with Crippen LogP contribution in [0.3, 0.4) is 0 Å². The Hall–Kier alpha value is -3.74. The predicted octanol–water partition coefficient (Wildman–Crippen LogP) is 1.81. The summed E-state index contributed by atoms with van der Waals surface area (Å²) in [5.74, 6) is 0.654. The molecule has 0 spiro atoms. The number of hydrogen-bond acceptors (Lipinski definition) is 9. The van der Waals surface area contributed by atoms with E-state index in [1.807, 2.05) is 0 Å². The van der Waals surface area contributed by atoms with Crippen molar-refractivity contribution in [2.45, 2.75) is 17.6 Å². The lowest BCUT2D eigenvalue weighted by atomic mass is 10.1. The molecule has 2 heterocycles. The van der Waals surface area contributed by atoms with E-state index < -0.39 is 22.7 Å². The number of aliphatic hydroxyl groups is 2. The number of sulfonamides is 1. The lowest BCUT2D eigenvalue weighted by Gasteiger charge is -2.17. The van der Waals surface area contributed by atoms with Gasteiger partial charge in [0.05, 0.1) is 37.2 Å². The number of para-hydroxylation sites is 2. The molecule has 0 aliphatic heterocycles. The number of rotatable bonds is 9. The summed E-state index contributed by atoms with van der Waals surface area (Å²) in [4.78, 5) is 13.0. The molecular weight excluding hydrogens is 460 g/mol. The Morgan fingerprint density at radius 2 is 1.82 bits per heavy atom. The molecule has 4 N–H and O–H groups in total. The zero-order valence-electron chi connectivity index (χ0n) is 18.5. The third-order valence-electron chi connectivity index (χ3n) is 4.99. The number of aliphatic hydroxyl groups excluding tert-OH is 2. The summed E-state index contributed by atoms with van der Waals surface area (Å²) in [5, 5.41) is 22.2. The van der Waals surface area contributed by atoms with Crippen LogP contribution in [-0.2, 0) is 23.5 Å². The number of nitrogens with one attached hydrogen (secondary N) is 2. The van der Waals surface area contributed by atoms with Gasteiger partial charge in [0.2, 0.25) is 0 Å². The summed E-state index contributed by atoms with van der Waals surface area (Å²) in [6, 6.07) is 12.2. The van der Waals surface area contributed by atoms with Gasteiger partial charge in [-0.15, -0.1) is 0 Å². The molecule has 178 valence electrons. The smallest absolute Gasteiger partial charge is 0.282 e. The van der Waals surface area contributed by atoms with Gasteiger partial charge in [0.15, 0.2) is 16.7 Å². The van der Waals surface area contributed by atoms with Crippen LogP contribution < -0.4 is 14.8 Å². The van der Waals surface area contributed by atoms with Crippen molar-refractivity contribution in [1.82, 2.24) is 19.5 Å². The normalized spacial score (nSPS) is 12.5. The summed E-state index contributed by atoms with van der Waals surface area (Å²) in [6.45, 7) is -0.406. The molecule has 0 radical (unpaired) electrons. The monoisotopic (exact) mass is 484 g/mol. The summed E-state index contributed by atoms with van der Waals surface area (Å²) in [5.41, 5.74) is 2.21. The fraction of sp³-hybridized carbons (Fsp3) is 0.227. The number of benzene rings is 2. The van der Waals surface area contributed by atoms with Gasteiger partial charge in [-0.2, -0.15) is 8.42 Å². The maximum Gasteiger partial charge on any atom is 0.282 e. The lowest BCUT2D eigenvalue weighted by molar-refractivity contribution is 0.0956. The Bertz CT molecular complexity index is 1420. The Labute approximate surface area is 196 Å². The molecule has 0 aliphatic carbocycles. The molecular formula is C22H24N6O5S. The third-order valence-corrected chi connectivity index (χ3v) is 6.22. The lowest BCUT2D eigenvalue weighted by Crippen LogP contribution is -2.18. The molecule has 0 saturated heterocycles. The third kappa shape index (κ3) is 5.09. The van der Waals surface area contributed by atoms with Crippen molar-refractivity contribution in [2.24, 2.45) is 7.05 Å². The Kier molecular flexibility index (Phi) is 6.63. The molecule has 1 unspecified atom stereocenters. The molecule has 0 aliphatic rings. The number of anilines is 3. The topological polar surface area (TPSA) is 151 Å². The van der Waals surface area contributed by atoms with E-state index in [1.54, 1.807) is 49.5 Å². The highest BCUT2D eigenvalue weighted by Crippen LogP contribution is 2.31. The number of ether oxygens (including phenoxy) is 1. The molecule has 12 heteroatoms. The average Bonchev–Trinajstić information content (AvgIpc) is 3.27. The highest BCUT2D eigenvalue weighted by Gasteiger charge is 2.22.